The van der Waals surface area contributed by atoms with Crippen molar-refractivity contribution in [2.45, 2.75) is 19.9 Å². The van der Waals surface area contributed by atoms with Crippen molar-refractivity contribution >= 4 is 54.1 Å². The van der Waals surface area contributed by atoms with Crippen LogP contribution in [0.5, 0.6) is 0 Å². The van der Waals surface area contributed by atoms with Crippen LogP contribution in [-0.4, -0.2) is 4.57 Å². The molecule has 0 fully saturated rings. The summed E-state index contributed by atoms with van der Waals surface area (Å²) in [5, 5.41) is 11.0. The Hall–Kier alpha value is -4.10. The summed E-state index contributed by atoms with van der Waals surface area (Å²) >= 11 is 0. The van der Waals surface area contributed by atoms with Crippen molar-refractivity contribution in [3.63, 3.8) is 0 Å². The average molecular weight is 434 g/mol. The van der Waals surface area contributed by atoms with E-state index in [2.05, 4.69) is 109 Å². The van der Waals surface area contributed by atoms with Crippen molar-refractivity contribution in [1.82, 2.24) is 4.57 Å². The quantitative estimate of drug-likeness (QED) is 0.228. The van der Waals surface area contributed by atoms with Gasteiger partial charge in [0.05, 0.1) is 11.0 Å². The average Bonchev–Trinajstić information content (AvgIpc) is 3.46. The van der Waals surface area contributed by atoms with Crippen molar-refractivity contribution in [3.8, 4) is 11.1 Å². The first-order chi connectivity index (χ1) is 16.9. The van der Waals surface area contributed by atoms with Crippen molar-refractivity contribution in [3.05, 3.63) is 108 Å². The third kappa shape index (κ3) is 2.11. The van der Waals surface area contributed by atoms with Gasteiger partial charge in [0, 0.05) is 28.1 Å². The third-order valence-corrected chi connectivity index (χ3v) is 7.96. The molecular weight excluding hydrogens is 410 g/mol. The Morgan fingerprint density at radius 2 is 1.09 bits per heavy atom. The first kappa shape index (κ1) is 18.3. The zero-order valence-corrected chi connectivity index (χ0v) is 19.1. The second-order valence-electron chi connectivity index (χ2n) is 9.52. The molecule has 0 radical (unpaired) electrons. The van der Waals surface area contributed by atoms with E-state index in [-0.39, 0.29) is 0 Å². The van der Waals surface area contributed by atoms with E-state index in [9.17, 15) is 0 Å². The van der Waals surface area contributed by atoms with Crippen molar-refractivity contribution in [2.24, 2.45) is 0 Å². The highest BCUT2D eigenvalue weighted by Gasteiger charge is 2.28. The maximum Gasteiger partial charge on any atom is 0.0577 e. The number of rotatable bonds is 1. The monoisotopic (exact) mass is 433 g/mol. The molecule has 0 amide bonds. The highest BCUT2D eigenvalue weighted by Crippen LogP contribution is 2.51. The van der Waals surface area contributed by atoms with Gasteiger partial charge in [-0.15, -0.1) is 0 Å². The molecule has 6 aromatic carbocycles. The molecule has 0 unspecified atom stereocenters. The summed E-state index contributed by atoms with van der Waals surface area (Å²) in [7, 11) is 0. The lowest BCUT2D eigenvalue weighted by Gasteiger charge is -2.12. The Morgan fingerprint density at radius 1 is 0.559 bits per heavy atom. The molecule has 1 heterocycles. The molecule has 1 nitrogen and oxygen atoms in total. The topological polar surface area (TPSA) is 4.93 Å². The summed E-state index contributed by atoms with van der Waals surface area (Å²) in [6.07, 6.45) is 0.997. The van der Waals surface area contributed by atoms with Gasteiger partial charge in [-0.1, -0.05) is 97.1 Å². The Labute approximate surface area is 197 Å². The summed E-state index contributed by atoms with van der Waals surface area (Å²) in [6, 6.07) is 36.0. The first-order valence-corrected chi connectivity index (χ1v) is 12.2. The molecule has 8 rings (SSSR count). The van der Waals surface area contributed by atoms with Gasteiger partial charge in [-0.05, 0) is 57.1 Å². The van der Waals surface area contributed by atoms with Crippen LogP contribution in [0.2, 0.25) is 0 Å². The molecular formula is C33H23N. The molecule has 0 aliphatic heterocycles. The number of hydrogen-bond donors (Lipinski definition) is 0. The molecule has 1 aliphatic carbocycles. The van der Waals surface area contributed by atoms with E-state index in [0.717, 1.165) is 13.0 Å². The summed E-state index contributed by atoms with van der Waals surface area (Å²) in [5.74, 6) is 0. The molecule has 7 aromatic rings. The van der Waals surface area contributed by atoms with Crippen LogP contribution in [0.15, 0.2) is 97.1 Å². The van der Waals surface area contributed by atoms with Crippen LogP contribution in [-0.2, 0) is 13.0 Å². The Balaban J connectivity index is 1.77. The van der Waals surface area contributed by atoms with Gasteiger partial charge >= 0.3 is 0 Å². The summed E-state index contributed by atoms with van der Waals surface area (Å²) in [5.41, 5.74) is 8.54. The van der Waals surface area contributed by atoms with Gasteiger partial charge in [0.2, 0.25) is 0 Å². The summed E-state index contributed by atoms with van der Waals surface area (Å²) < 4.78 is 2.59. The van der Waals surface area contributed by atoms with Gasteiger partial charge in [0.25, 0.3) is 0 Å². The predicted molar refractivity (Wildman–Crippen MR) is 146 cm³/mol. The molecule has 0 saturated heterocycles. The standard InChI is InChI=1S/C33H23N/c1-2-34-32-26-17-9-6-14-23(26)22-13-5-7-15-24(22)30(32)31-28-19-20-11-3-4-12-21(20)29(28)25-16-8-10-18-27(25)33(31)34/h3-18H,2,19H2,1H3. The fourth-order valence-corrected chi connectivity index (χ4v) is 6.70. The van der Waals surface area contributed by atoms with Gasteiger partial charge in [0.15, 0.2) is 0 Å². The second-order valence-corrected chi connectivity index (χ2v) is 9.52. The fourth-order valence-electron chi connectivity index (χ4n) is 6.70. The zero-order valence-electron chi connectivity index (χ0n) is 19.1. The van der Waals surface area contributed by atoms with Gasteiger partial charge in [-0.25, -0.2) is 0 Å². The summed E-state index contributed by atoms with van der Waals surface area (Å²) in [4.78, 5) is 0. The largest absolute Gasteiger partial charge is 0.340 e. The Morgan fingerprint density at radius 3 is 1.82 bits per heavy atom. The smallest absolute Gasteiger partial charge is 0.0577 e. The number of benzene rings is 6. The van der Waals surface area contributed by atoms with Gasteiger partial charge < -0.3 is 4.57 Å². The molecule has 1 aliphatic rings. The minimum Gasteiger partial charge on any atom is -0.340 e. The number of fused-ring (bicyclic) bond motifs is 15. The lowest BCUT2D eigenvalue weighted by Crippen LogP contribution is -1.96. The molecule has 0 atom stereocenters. The van der Waals surface area contributed by atoms with Crippen LogP contribution in [0.1, 0.15) is 18.1 Å². The number of aromatic nitrogens is 1. The maximum absolute atomic E-state index is 2.59. The van der Waals surface area contributed by atoms with E-state index >= 15 is 0 Å². The number of nitrogens with zero attached hydrogens (tertiary/aromatic N) is 1. The normalized spacial score (nSPS) is 12.9. The van der Waals surface area contributed by atoms with Crippen molar-refractivity contribution < 1.29 is 0 Å². The maximum atomic E-state index is 2.59. The van der Waals surface area contributed by atoms with Crippen LogP contribution in [0.4, 0.5) is 0 Å². The van der Waals surface area contributed by atoms with E-state index in [1.807, 2.05) is 0 Å². The molecule has 160 valence electrons. The Kier molecular flexibility index (Phi) is 3.50. The van der Waals surface area contributed by atoms with Crippen LogP contribution in [0.3, 0.4) is 0 Å². The number of aryl methyl sites for hydroxylation is 1. The van der Waals surface area contributed by atoms with Crippen LogP contribution in [0, 0.1) is 0 Å². The van der Waals surface area contributed by atoms with Gasteiger partial charge in [-0.3, -0.25) is 0 Å². The minimum atomic E-state index is 0.943. The van der Waals surface area contributed by atoms with E-state index in [1.165, 1.54) is 76.4 Å². The molecule has 0 saturated carbocycles. The molecule has 1 heteroatoms. The molecule has 0 N–H and O–H groups in total. The van der Waals surface area contributed by atoms with E-state index in [1.54, 1.807) is 0 Å². The number of hydrogen-bond acceptors (Lipinski definition) is 0. The van der Waals surface area contributed by atoms with E-state index < -0.39 is 0 Å². The van der Waals surface area contributed by atoms with Crippen molar-refractivity contribution in [1.29, 1.82) is 0 Å². The Bertz CT molecular complexity index is 1970. The van der Waals surface area contributed by atoms with Crippen LogP contribution < -0.4 is 0 Å². The summed E-state index contributed by atoms with van der Waals surface area (Å²) in [6.45, 7) is 3.23. The highest BCUT2D eigenvalue weighted by atomic mass is 15.0. The molecule has 0 spiro atoms. The van der Waals surface area contributed by atoms with Gasteiger partial charge in [-0.2, -0.15) is 0 Å². The third-order valence-electron chi connectivity index (χ3n) is 7.96. The highest BCUT2D eigenvalue weighted by molar-refractivity contribution is 6.35. The molecule has 1 aromatic heterocycles. The second kappa shape index (κ2) is 6.48. The van der Waals surface area contributed by atoms with Crippen molar-refractivity contribution in [2.75, 3.05) is 0 Å². The predicted octanol–water partition coefficient (Wildman–Crippen LogP) is 8.85. The lowest BCUT2D eigenvalue weighted by atomic mass is 9.91. The fraction of sp³-hybridized carbons (Fsp3) is 0.0909. The molecule has 0 bridgehead atoms. The molecule has 34 heavy (non-hydrogen) atoms. The van der Waals surface area contributed by atoms with Crippen LogP contribution in [0.25, 0.3) is 65.3 Å². The first-order valence-electron chi connectivity index (χ1n) is 12.2. The van der Waals surface area contributed by atoms with Crippen LogP contribution >= 0.6 is 0 Å². The minimum absolute atomic E-state index is 0.943. The van der Waals surface area contributed by atoms with E-state index in [0.29, 0.717) is 0 Å². The van der Waals surface area contributed by atoms with Gasteiger partial charge in [0.1, 0.15) is 0 Å². The lowest BCUT2D eigenvalue weighted by molar-refractivity contribution is 0.832. The van der Waals surface area contributed by atoms with E-state index in [4.69, 9.17) is 0 Å². The SMILES string of the molecule is CCn1c2c3ccccc3c3c(c2c2c4ccccc4c4ccccc4c21)Cc1ccccc1-3. The zero-order chi connectivity index (χ0) is 22.4.